The summed E-state index contributed by atoms with van der Waals surface area (Å²) in [6.45, 7) is 1.70. The van der Waals surface area contributed by atoms with Gasteiger partial charge in [-0.05, 0) is 37.3 Å². The van der Waals surface area contributed by atoms with E-state index < -0.39 is 57.2 Å². The van der Waals surface area contributed by atoms with Crippen molar-refractivity contribution in [3.8, 4) is 11.1 Å². The fraction of sp³-hybridized carbons (Fsp3) is 0.480. The van der Waals surface area contributed by atoms with Crippen molar-refractivity contribution in [2.45, 2.75) is 62.2 Å². The minimum Gasteiger partial charge on any atom is -0.368 e. The number of alkyl halides is 1. The number of carbonyl (C=O) groups excluding carboxylic acids is 1. The highest BCUT2D eigenvalue weighted by molar-refractivity contribution is 7.90. The Bertz CT molecular complexity index is 1250. The van der Waals surface area contributed by atoms with E-state index in [9.17, 15) is 17.6 Å². The molecule has 0 spiro atoms. The number of hydrogen-bond acceptors (Lipinski definition) is 4. The summed E-state index contributed by atoms with van der Waals surface area (Å²) in [5, 5.41) is -0.570. The zero-order chi connectivity index (χ0) is 24.9. The number of halogens is 3. The van der Waals surface area contributed by atoms with Crippen molar-refractivity contribution in [1.82, 2.24) is 9.62 Å². The lowest BCUT2D eigenvalue weighted by atomic mass is 9.94. The lowest BCUT2D eigenvalue weighted by Crippen LogP contribution is -2.53. The molecular weight excluding hydrogens is 481 g/mol. The van der Waals surface area contributed by atoms with Crippen LogP contribution < -0.4 is 4.72 Å². The highest BCUT2D eigenvalue weighted by Gasteiger charge is 2.50. The van der Waals surface area contributed by atoms with Crippen LogP contribution in [-0.4, -0.2) is 62.0 Å². The molecular formula is C25H27F3N2O4S. The number of aryl methyl sites for hydroxylation is 1. The number of likely N-dealkylation sites (tertiary alicyclic amines) is 1. The van der Waals surface area contributed by atoms with Crippen LogP contribution >= 0.6 is 0 Å². The topological polar surface area (TPSA) is 75.7 Å². The maximum atomic E-state index is 15.7. The number of nitrogens with zero attached hydrogens (tertiary/aromatic N) is 1. The maximum absolute atomic E-state index is 15.7. The van der Waals surface area contributed by atoms with E-state index >= 15 is 8.78 Å². The Morgan fingerprint density at radius 3 is 2.37 bits per heavy atom. The molecule has 2 aromatic rings. The molecule has 5 rings (SSSR count). The number of carbonyl (C=O) groups is 1. The first kappa shape index (κ1) is 24.3. The fourth-order valence-corrected chi connectivity index (χ4v) is 6.45. The predicted molar refractivity (Wildman–Crippen MR) is 124 cm³/mol. The number of ether oxygens (including phenoxy) is 1. The molecule has 0 bridgehead atoms. The molecule has 0 aromatic heterocycles. The van der Waals surface area contributed by atoms with E-state index in [1.165, 1.54) is 23.1 Å². The molecule has 3 fully saturated rings. The van der Waals surface area contributed by atoms with Crippen molar-refractivity contribution in [1.29, 1.82) is 0 Å². The van der Waals surface area contributed by atoms with E-state index in [0.29, 0.717) is 31.4 Å². The summed E-state index contributed by atoms with van der Waals surface area (Å²) in [6.07, 6.45) is -1.00. The average molecular weight is 509 g/mol. The van der Waals surface area contributed by atoms with Gasteiger partial charge in [0.25, 0.3) is 5.91 Å². The van der Waals surface area contributed by atoms with Crippen LogP contribution in [0.15, 0.2) is 36.4 Å². The van der Waals surface area contributed by atoms with E-state index in [1.807, 2.05) is 0 Å². The van der Waals surface area contributed by atoms with Gasteiger partial charge in [0.1, 0.15) is 23.9 Å². The molecule has 1 aliphatic carbocycles. The smallest absolute Gasteiger partial charge is 0.252 e. The molecule has 2 heterocycles. The highest BCUT2D eigenvalue weighted by Crippen LogP contribution is 2.34. The first-order valence-corrected chi connectivity index (χ1v) is 13.3. The lowest BCUT2D eigenvalue weighted by Gasteiger charge is -2.34. The molecule has 3 aliphatic rings. The van der Waals surface area contributed by atoms with Crippen molar-refractivity contribution >= 4 is 15.9 Å². The number of rotatable bonds is 7. The summed E-state index contributed by atoms with van der Waals surface area (Å²) in [6, 6.07) is 7.05. The summed E-state index contributed by atoms with van der Waals surface area (Å²) in [7, 11) is -3.76. The summed E-state index contributed by atoms with van der Waals surface area (Å²) in [4.78, 5) is 14.3. The molecule has 2 saturated heterocycles. The van der Waals surface area contributed by atoms with Gasteiger partial charge in [-0.1, -0.05) is 36.4 Å². The van der Waals surface area contributed by atoms with Crippen molar-refractivity contribution in [3.05, 3.63) is 59.2 Å². The standard InChI is InChI=1S/C25H27F3N2O4S/c1-14-4-2-6-17(22(14)27)18-7-3-5-15(23(18)28)12-20-24(29-35(32,33)16-8-9-16)19(26)13-30(20)25(31)21-10-11-34-21/h2-7,16,19-21,24,29H,8-13H2,1H3/t19-,20-,21?,24-/m0/s1. The fourth-order valence-electron chi connectivity index (χ4n) is 4.82. The minimum atomic E-state index is -3.76. The van der Waals surface area contributed by atoms with E-state index in [2.05, 4.69) is 4.72 Å². The van der Waals surface area contributed by atoms with Crippen molar-refractivity contribution in [3.63, 3.8) is 0 Å². The molecule has 1 unspecified atom stereocenters. The summed E-state index contributed by atoms with van der Waals surface area (Å²) in [5.41, 5.74) is 0.662. The van der Waals surface area contributed by atoms with Crippen LogP contribution in [0.1, 0.15) is 30.4 Å². The average Bonchev–Trinajstić information content (AvgIpc) is 3.59. The third-order valence-corrected chi connectivity index (χ3v) is 9.04. The zero-order valence-electron chi connectivity index (χ0n) is 19.2. The summed E-state index contributed by atoms with van der Waals surface area (Å²) >= 11 is 0. The molecule has 188 valence electrons. The van der Waals surface area contributed by atoms with Gasteiger partial charge in [0.15, 0.2) is 0 Å². The number of sulfonamides is 1. The van der Waals surface area contributed by atoms with Gasteiger partial charge in [0.05, 0.1) is 30.5 Å². The van der Waals surface area contributed by atoms with Crippen LogP contribution in [0, 0.1) is 18.6 Å². The Balaban J connectivity index is 1.49. The molecule has 10 heteroatoms. The van der Waals surface area contributed by atoms with Gasteiger partial charge in [-0.25, -0.2) is 26.3 Å². The van der Waals surface area contributed by atoms with E-state index in [1.54, 1.807) is 25.1 Å². The van der Waals surface area contributed by atoms with Crippen LogP contribution in [0.3, 0.4) is 0 Å². The first-order chi connectivity index (χ1) is 16.7. The van der Waals surface area contributed by atoms with Crippen LogP contribution in [0.2, 0.25) is 0 Å². The molecule has 1 N–H and O–H groups in total. The molecule has 2 aliphatic heterocycles. The van der Waals surface area contributed by atoms with Gasteiger partial charge < -0.3 is 9.64 Å². The van der Waals surface area contributed by atoms with E-state index in [4.69, 9.17) is 4.74 Å². The Kier molecular flexibility index (Phi) is 6.39. The Hall–Kier alpha value is -2.43. The second-order valence-electron chi connectivity index (χ2n) is 9.53. The van der Waals surface area contributed by atoms with Crippen molar-refractivity contribution in [2.75, 3.05) is 13.2 Å². The Morgan fingerprint density at radius 2 is 1.74 bits per heavy atom. The van der Waals surface area contributed by atoms with E-state index in [-0.39, 0.29) is 29.7 Å². The van der Waals surface area contributed by atoms with Gasteiger partial charge >= 0.3 is 0 Å². The molecule has 1 saturated carbocycles. The lowest BCUT2D eigenvalue weighted by molar-refractivity contribution is -0.157. The number of benzene rings is 2. The van der Waals surface area contributed by atoms with Crippen LogP contribution in [0.5, 0.6) is 0 Å². The molecule has 1 amide bonds. The molecule has 6 nitrogen and oxygen atoms in total. The maximum Gasteiger partial charge on any atom is 0.252 e. The van der Waals surface area contributed by atoms with Crippen molar-refractivity contribution in [2.24, 2.45) is 0 Å². The SMILES string of the molecule is Cc1cccc(-c2cccc(C[C@H]3[C@@H](NS(=O)(=O)C4CC4)[C@@H](F)CN3C(=O)C3CCO3)c2F)c1F. The molecule has 0 radical (unpaired) electrons. The number of nitrogens with one attached hydrogen (secondary N) is 1. The van der Waals surface area contributed by atoms with Crippen LogP contribution in [0.25, 0.3) is 11.1 Å². The summed E-state index contributed by atoms with van der Waals surface area (Å²) in [5.74, 6) is -1.66. The van der Waals surface area contributed by atoms with E-state index in [0.717, 1.165) is 0 Å². The number of amides is 1. The monoisotopic (exact) mass is 508 g/mol. The van der Waals surface area contributed by atoms with Gasteiger partial charge in [0.2, 0.25) is 10.0 Å². The predicted octanol–water partition coefficient (Wildman–Crippen LogP) is 3.27. The van der Waals surface area contributed by atoms with Gasteiger partial charge in [-0.3, -0.25) is 4.79 Å². The molecule has 4 atom stereocenters. The normalized spacial score (nSPS) is 26.6. The summed E-state index contributed by atoms with van der Waals surface area (Å²) < 4.78 is 78.6. The highest BCUT2D eigenvalue weighted by atomic mass is 32.2. The third-order valence-electron chi connectivity index (χ3n) is 7.09. The number of hydrogen-bond donors (Lipinski definition) is 1. The van der Waals surface area contributed by atoms with Gasteiger partial charge in [-0.2, -0.15) is 0 Å². The Morgan fingerprint density at radius 1 is 1.09 bits per heavy atom. The minimum absolute atomic E-state index is 0.0498. The Labute approximate surface area is 202 Å². The first-order valence-electron chi connectivity index (χ1n) is 11.8. The van der Waals surface area contributed by atoms with Crippen LogP contribution in [0.4, 0.5) is 13.2 Å². The van der Waals surface area contributed by atoms with Crippen molar-refractivity contribution < 1.29 is 31.1 Å². The van der Waals surface area contributed by atoms with Gasteiger partial charge in [0, 0.05) is 17.5 Å². The second-order valence-corrected chi connectivity index (χ2v) is 11.5. The zero-order valence-corrected chi connectivity index (χ0v) is 20.0. The largest absolute Gasteiger partial charge is 0.368 e. The molecule has 35 heavy (non-hydrogen) atoms. The van der Waals surface area contributed by atoms with Crippen LogP contribution in [-0.2, 0) is 26.0 Å². The second kappa shape index (κ2) is 9.22. The third kappa shape index (κ3) is 4.59. The van der Waals surface area contributed by atoms with Gasteiger partial charge in [-0.15, -0.1) is 0 Å². The molecule has 2 aromatic carbocycles. The quantitative estimate of drug-likeness (QED) is 0.623.